The van der Waals surface area contributed by atoms with Crippen LogP contribution in [-0.4, -0.2) is 46.7 Å². The maximum atomic E-state index is 12.8. The molecule has 1 unspecified atom stereocenters. The Labute approximate surface area is 181 Å². The van der Waals surface area contributed by atoms with Crippen molar-refractivity contribution < 1.29 is 38.4 Å². The fraction of sp³-hybridized carbons (Fsp3) is 0.286. The van der Waals surface area contributed by atoms with Gasteiger partial charge in [0.2, 0.25) is 0 Å². The Bertz CT molecular complexity index is 895. The first-order valence-electron chi connectivity index (χ1n) is 9.29. The SMILES string of the molecule is O=C([O-])C(F)(F)F.[NH3+][C@@H](Cc1ccccc1)C(=O)N1CCC(=O)C1Sc1ccccc1. The number of carbonyl (C=O) groups is 3. The van der Waals surface area contributed by atoms with E-state index >= 15 is 0 Å². The van der Waals surface area contributed by atoms with E-state index in [0.717, 1.165) is 10.5 Å². The van der Waals surface area contributed by atoms with Gasteiger partial charge >= 0.3 is 6.18 Å². The number of aliphatic carboxylic acids is 1. The van der Waals surface area contributed by atoms with Gasteiger partial charge in [-0.1, -0.05) is 60.3 Å². The van der Waals surface area contributed by atoms with Crippen LogP contribution < -0.4 is 10.8 Å². The van der Waals surface area contributed by atoms with Crippen molar-refractivity contribution in [2.24, 2.45) is 0 Å². The summed E-state index contributed by atoms with van der Waals surface area (Å²) in [5, 5.41) is 8.35. The summed E-state index contributed by atoms with van der Waals surface area (Å²) in [6.07, 6.45) is -4.18. The fourth-order valence-electron chi connectivity index (χ4n) is 2.85. The molecular weight excluding hydrogens is 433 g/mol. The smallest absolute Gasteiger partial charge is 0.430 e. The molecule has 0 spiro atoms. The lowest BCUT2D eigenvalue weighted by Crippen LogP contribution is -2.69. The number of amides is 1. The molecule has 0 aliphatic carbocycles. The van der Waals surface area contributed by atoms with Gasteiger partial charge < -0.3 is 20.5 Å². The highest BCUT2D eigenvalue weighted by molar-refractivity contribution is 8.00. The summed E-state index contributed by atoms with van der Waals surface area (Å²) in [5.74, 6) is -2.94. The summed E-state index contributed by atoms with van der Waals surface area (Å²) < 4.78 is 31.5. The van der Waals surface area contributed by atoms with Gasteiger partial charge in [0, 0.05) is 24.3 Å². The van der Waals surface area contributed by atoms with E-state index in [-0.39, 0.29) is 17.7 Å². The van der Waals surface area contributed by atoms with Crippen LogP contribution in [0.5, 0.6) is 0 Å². The zero-order valence-electron chi connectivity index (χ0n) is 16.4. The largest absolute Gasteiger partial charge is 0.542 e. The third kappa shape index (κ3) is 7.41. The number of hydrogen-bond donors (Lipinski definition) is 1. The molecule has 1 fully saturated rings. The van der Waals surface area contributed by atoms with Crippen LogP contribution in [-0.2, 0) is 20.8 Å². The molecule has 6 nitrogen and oxygen atoms in total. The Hall–Kier alpha value is -2.85. The van der Waals surface area contributed by atoms with Gasteiger partial charge in [-0.15, -0.1) is 0 Å². The van der Waals surface area contributed by atoms with Crippen LogP contribution in [0.15, 0.2) is 65.6 Å². The maximum absolute atomic E-state index is 12.8. The van der Waals surface area contributed by atoms with Crippen molar-refractivity contribution in [2.45, 2.75) is 35.3 Å². The lowest BCUT2D eigenvalue weighted by molar-refractivity contribution is -0.405. The monoisotopic (exact) mass is 454 g/mol. The quantitative estimate of drug-likeness (QED) is 0.728. The van der Waals surface area contributed by atoms with E-state index in [9.17, 15) is 22.8 Å². The third-order valence-electron chi connectivity index (χ3n) is 4.34. The number of carboxylic acid groups (broad SMARTS) is 1. The number of carboxylic acids is 1. The van der Waals surface area contributed by atoms with Crippen LogP contribution in [0.3, 0.4) is 0 Å². The van der Waals surface area contributed by atoms with Crippen LogP contribution >= 0.6 is 11.8 Å². The first-order chi connectivity index (χ1) is 14.6. The first kappa shape index (κ1) is 24.4. The molecule has 0 saturated carbocycles. The summed E-state index contributed by atoms with van der Waals surface area (Å²) in [6.45, 7) is 0.489. The minimum Gasteiger partial charge on any atom is -0.542 e. The molecule has 2 aromatic carbocycles. The van der Waals surface area contributed by atoms with Gasteiger partial charge in [0.1, 0.15) is 11.3 Å². The van der Waals surface area contributed by atoms with Crippen LogP contribution in [0.25, 0.3) is 0 Å². The zero-order valence-corrected chi connectivity index (χ0v) is 17.2. The molecule has 1 aliphatic rings. The highest BCUT2D eigenvalue weighted by atomic mass is 32.2. The number of thioether (sulfide) groups is 1. The van der Waals surface area contributed by atoms with Crippen LogP contribution in [0, 0.1) is 0 Å². The van der Waals surface area contributed by atoms with E-state index in [1.54, 1.807) is 4.90 Å². The normalized spacial score (nSPS) is 17.0. The summed E-state index contributed by atoms with van der Waals surface area (Å²) in [6, 6.07) is 19.2. The molecule has 0 radical (unpaired) electrons. The number of alkyl halides is 3. The highest BCUT2D eigenvalue weighted by Crippen LogP contribution is 2.31. The van der Waals surface area contributed by atoms with Gasteiger partial charge in [0.05, 0.1) is 0 Å². The number of Topliss-reactive ketones (excluding diaryl/α,β-unsaturated/α-hetero) is 1. The molecule has 1 heterocycles. The Balaban J connectivity index is 0.000000423. The molecule has 10 heteroatoms. The van der Waals surface area contributed by atoms with Crippen molar-refractivity contribution in [3.05, 3.63) is 66.2 Å². The third-order valence-corrected chi connectivity index (χ3v) is 5.62. The second-order valence-corrected chi connectivity index (χ2v) is 7.86. The molecule has 3 N–H and O–H groups in total. The van der Waals surface area contributed by atoms with Crippen molar-refractivity contribution in [1.29, 1.82) is 0 Å². The van der Waals surface area contributed by atoms with Gasteiger partial charge in [0.25, 0.3) is 5.91 Å². The van der Waals surface area contributed by atoms with Crippen molar-refractivity contribution in [1.82, 2.24) is 4.90 Å². The number of nitrogens with zero attached hydrogens (tertiary/aromatic N) is 1. The summed E-state index contributed by atoms with van der Waals surface area (Å²) in [4.78, 5) is 36.5. The molecule has 1 amide bonds. The Morgan fingerprint density at radius 2 is 1.61 bits per heavy atom. The van der Waals surface area contributed by atoms with Crippen molar-refractivity contribution in [3.63, 3.8) is 0 Å². The van der Waals surface area contributed by atoms with Gasteiger partial charge in [-0.3, -0.25) is 9.59 Å². The molecule has 0 aromatic heterocycles. The molecule has 2 atom stereocenters. The molecular formula is C21H21F3N2O4S. The lowest BCUT2D eigenvalue weighted by Gasteiger charge is -2.24. The number of ketones is 1. The number of hydrogen-bond acceptors (Lipinski definition) is 5. The molecule has 0 bridgehead atoms. The number of rotatable bonds is 5. The summed E-state index contributed by atoms with van der Waals surface area (Å²) >= 11 is 1.45. The van der Waals surface area contributed by atoms with Gasteiger partial charge in [-0.2, -0.15) is 13.2 Å². The topological polar surface area (TPSA) is 105 Å². The lowest BCUT2D eigenvalue weighted by atomic mass is 10.1. The second kappa shape index (κ2) is 11.0. The molecule has 2 aromatic rings. The van der Waals surface area contributed by atoms with Crippen LogP contribution in [0.4, 0.5) is 13.2 Å². The minimum absolute atomic E-state index is 0.0434. The van der Waals surface area contributed by atoms with Gasteiger partial charge in [-0.25, -0.2) is 0 Å². The van der Waals surface area contributed by atoms with E-state index in [1.165, 1.54) is 11.8 Å². The standard InChI is InChI=1S/C19H20N2O2S.C2HF3O2/c20-16(13-14-7-3-1-4-8-14)18(23)21-12-11-17(22)19(21)24-15-9-5-2-6-10-15;3-2(4,5)1(6)7/h1-10,16,19H,11-13,20H2;(H,6,7)/t16-,19?;/m0./s1. The van der Waals surface area contributed by atoms with E-state index in [1.807, 2.05) is 60.7 Å². The molecule has 1 saturated heterocycles. The predicted molar refractivity (Wildman–Crippen MR) is 105 cm³/mol. The van der Waals surface area contributed by atoms with E-state index < -0.39 is 17.5 Å². The first-order valence-corrected chi connectivity index (χ1v) is 10.2. The predicted octanol–water partition coefficient (Wildman–Crippen LogP) is 1.06. The van der Waals surface area contributed by atoms with Crippen molar-refractivity contribution in [2.75, 3.05) is 6.54 Å². The van der Waals surface area contributed by atoms with E-state index in [2.05, 4.69) is 5.73 Å². The molecule has 1 aliphatic heterocycles. The summed E-state index contributed by atoms with van der Waals surface area (Å²) in [7, 11) is 0. The number of benzene rings is 2. The average Bonchev–Trinajstić information content (AvgIpc) is 3.09. The molecule has 3 rings (SSSR count). The second-order valence-electron chi connectivity index (χ2n) is 6.70. The zero-order chi connectivity index (χ0) is 23.0. The number of halogens is 3. The van der Waals surface area contributed by atoms with Crippen LogP contribution in [0.2, 0.25) is 0 Å². The molecule has 166 valence electrons. The summed E-state index contributed by atoms with van der Waals surface area (Å²) in [5.41, 5.74) is 5.12. The van der Waals surface area contributed by atoms with Crippen LogP contribution in [0.1, 0.15) is 12.0 Å². The number of quaternary nitrogens is 1. The average molecular weight is 454 g/mol. The molecule has 31 heavy (non-hydrogen) atoms. The van der Waals surface area contributed by atoms with Gasteiger partial charge in [0.15, 0.2) is 11.8 Å². The highest BCUT2D eigenvalue weighted by Gasteiger charge is 2.39. The van der Waals surface area contributed by atoms with E-state index in [0.29, 0.717) is 19.4 Å². The maximum Gasteiger partial charge on any atom is 0.430 e. The van der Waals surface area contributed by atoms with Gasteiger partial charge in [-0.05, 0) is 17.7 Å². The Morgan fingerprint density at radius 3 is 2.13 bits per heavy atom. The Morgan fingerprint density at radius 1 is 1.10 bits per heavy atom. The number of likely N-dealkylation sites (tertiary alicyclic amines) is 1. The minimum atomic E-state index is -5.19. The fourth-order valence-corrected chi connectivity index (χ4v) is 4.01. The van der Waals surface area contributed by atoms with Crippen molar-refractivity contribution >= 4 is 29.4 Å². The van der Waals surface area contributed by atoms with Crippen molar-refractivity contribution in [3.8, 4) is 0 Å². The Kier molecular flexibility index (Phi) is 8.64. The van der Waals surface area contributed by atoms with E-state index in [4.69, 9.17) is 9.90 Å². The number of carbonyl (C=O) groups excluding carboxylic acids is 3.